The monoisotopic (exact) mass is 288 g/mol. The molecule has 0 saturated carbocycles. The summed E-state index contributed by atoms with van der Waals surface area (Å²) in [6, 6.07) is 15.7. The average Bonchev–Trinajstić information content (AvgIpc) is 2.92. The van der Waals surface area contributed by atoms with Crippen molar-refractivity contribution in [3.8, 4) is 0 Å². The maximum Gasteiger partial charge on any atom is 0.0496 e. The summed E-state index contributed by atoms with van der Waals surface area (Å²) in [6.07, 6.45) is 1.07. The Hall–Kier alpha value is -1.16. The molecule has 3 unspecified atom stereocenters. The van der Waals surface area contributed by atoms with Gasteiger partial charge in [-0.15, -0.1) is 11.3 Å². The smallest absolute Gasteiger partial charge is 0.0496 e. The van der Waals surface area contributed by atoms with Crippen LogP contribution in [0.15, 0.2) is 47.8 Å². The van der Waals surface area contributed by atoms with Crippen molar-refractivity contribution in [2.45, 2.75) is 38.4 Å². The first-order chi connectivity index (χ1) is 9.59. The highest BCUT2D eigenvalue weighted by Crippen LogP contribution is 2.25. The summed E-state index contributed by atoms with van der Waals surface area (Å²) in [5.74, 6) is 0. The summed E-state index contributed by atoms with van der Waals surface area (Å²) in [5.41, 5.74) is 7.54. The van der Waals surface area contributed by atoms with Crippen molar-refractivity contribution in [2.75, 3.05) is 7.05 Å². The Morgan fingerprint density at radius 2 is 1.80 bits per heavy atom. The fourth-order valence-electron chi connectivity index (χ4n) is 2.70. The van der Waals surface area contributed by atoms with Crippen LogP contribution in [-0.2, 0) is 6.42 Å². The van der Waals surface area contributed by atoms with E-state index in [1.54, 1.807) is 0 Å². The second-order valence-corrected chi connectivity index (χ2v) is 6.54. The molecular weight excluding hydrogens is 264 g/mol. The molecule has 20 heavy (non-hydrogen) atoms. The van der Waals surface area contributed by atoms with Crippen molar-refractivity contribution < 1.29 is 0 Å². The molecule has 2 N–H and O–H groups in total. The quantitative estimate of drug-likeness (QED) is 0.878. The Morgan fingerprint density at radius 1 is 1.10 bits per heavy atom. The third-order valence-electron chi connectivity index (χ3n) is 3.85. The summed E-state index contributed by atoms with van der Waals surface area (Å²) < 4.78 is 0. The minimum Gasteiger partial charge on any atom is -0.326 e. The largest absolute Gasteiger partial charge is 0.326 e. The molecular formula is C17H24N2S. The third-order valence-corrected chi connectivity index (χ3v) is 4.75. The molecule has 108 valence electrons. The van der Waals surface area contributed by atoms with Crippen LogP contribution in [0.1, 0.15) is 30.3 Å². The number of hydrogen-bond donors (Lipinski definition) is 1. The van der Waals surface area contributed by atoms with Crippen LogP contribution in [0.5, 0.6) is 0 Å². The fraction of sp³-hybridized carbons (Fsp3) is 0.412. The summed E-state index contributed by atoms with van der Waals surface area (Å²) >= 11 is 1.83. The number of rotatable bonds is 6. The minimum atomic E-state index is 0.105. The molecule has 0 fully saturated rings. The maximum absolute atomic E-state index is 6.24. The van der Waals surface area contributed by atoms with Crippen molar-refractivity contribution in [3.63, 3.8) is 0 Å². The highest BCUT2D eigenvalue weighted by atomic mass is 32.1. The molecule has 0 bridgehead atoms. The topological polar surface area (TPSA) is 29.3 Å². The summed E-state index contributed by atoms with van der Waals surface area (Å²) in [4.78, 5) is 3.83. The molecule has 0 saturated heterocycles. The van der Waals surface area contributed by atoms with Crippen LogP contribution in [0.3, 0.4) is 0 Å². The number of nitrogens with two attached hydrogens (primary N) is 1. The Balaban J connectivity index is 2.13. The normalized spacial score (nSPS) is 16.1. The average molecular weight is 288 g/mol. The summed E-state index contributed by atoms with van der Waals surface area (Å²) in [7, 11) is 2.18. The lowest BCUT2D eigenvalue weighted by Crippen LogP contribution is -2.42. The molecule has 2 aromatic rings. The van der Waals surface area contributed by atoms with E-state index in [-0.39, 0.29) is 12.1 Å². The van der Waals surface area contributed by atoms with E-state index in [2.05, 4.69) is 73.6 Å². The van der Waals surface area contributed by atoms with Crippen molar-refractivity contribution in [1.82, 2.24) is 4.90 Å². The molecule has 0 spiro atoms. The van der Waals surface area contributed by atoms with Gasteiger partial charge < -0.3 is 5.73 Å². The van der Waals surface area contributed by atoms with E-state index < -0.39 is 0 Å². The van der Waals surface area contributed by atoms with Crippen LogP contribution in [0.2, 0.25) is 0 Å². The SMILES string of the molecule is CC(N)C(c1ccccc1)N(C)C(C)Cc1cccs1. The molecule has 3 heteroatoms. The molecule has 0 aliphatic rings. The van der Waals surface area contributed by atoms with Gasteiger partial charge >= 0.3 is 0 Å². The van der Waals surface area contributed by atoms with Gasteiger partial charge in [-0.25, -0.2) is 0 Å². The van der Waals surface area contributed by atoms with Gasteiger partial charge in [0.05, 0.1) is 0 Å². The van der Waals surface area contributed by atoms with Gasteiger partial charge in [0.25, 0.3) is 0 Å². The number of benzene rings is 1. The van der Waals surface area contributed by atoms with Gasteiger partial charge in [-0.05, 0) is 44.3 Å². The van der Waals surface area contributed by atoms with Crippen LogP contribution in [0.4, 0.5) is 0 Å². The van der Waals surface area contributed by atoms with Gasteiger partial charge in [-0.2, -0.15) is 0 Å². The van der Waals surface area contributed by atoms with Crippen LogP contribution < -0.4 is 5.73 Å². The van der Waals surface area contributed by atoms with Crippen molar-refractivity contribution in [3.05, 3.63) is 58.3 Å². The van der Waals surface area contributed by atoms with E-state index in [9.17, 15) is 0 Å². The van der Waals surface area contributed by atoms with E-state index >= 15 is 0 Å². The highest BCUT2D eigenvalue weighted by Gasteiger charge is 2.24. The van der Waals surface area contributed by atoms with Crippen LogP contribution in [-0.4, -0.2) is 24.0 Å². The molecule has 1 heterocycles. The predicted molar refractivity (Wildman–Crippen MR) is 88.1 cm³/mol. The van der Waals surface area contributed by atoms with Crippen LogP contribution in [0, 0.1) is 0 Å². The Morgan fingerprint density at radius 3 is 2.35 bits per heavy atom. The molecule has 0 aliphatic heterocycles. The zero-order valence-electron chi connectivity index (χ0n) is 12.5. The molecule has 2 nitrogen and oxygen atoms in total. The molecule has 0 radical (unpaired) electrons. The Kier molecular flexibility index (Phi) is 5.35. The standard InChI is InChI=1S/C17H24N2S/c1-13(12-16-10-7-11-20-16)19(3)17(14(2)18)15-8-5-4-6-9-15/h4-11,13-14,17H,12,18H2,1-3H3. The number of likely N-dealkylation sites (N-methyl/N-ethyl adjacent to an activating group) is 1. The van der Waals surface area contributed by atoms with Gasteiger partial charge in [0.1, 0.15) is 0 Å². The lowest BCUT2D eigenvalue weighted by atomic mass is 9.97. The van der Waals surface area contributed by atoms with Crippen molar-refractivity contribution >= 4 is 11.3 Å². The van der Waals surface area contributed by atoms with Gasteiger partial charge in [-0.1, -0.05) is 36.4 Å². The third kappa shape index (κ3) is 3.69. The number of hydrogen-bond acceptors (Lipinski definition) is 3. The predicted octanol–water partition coefficient (Wildman–Crippen LogP) is 3.70. The van der Waals surface area contributed by atoms with E-state index in [0.29, 0.717) is 6.04 Å². The first-order valence-corrected chi connectivity index (χ1v) is 8.02. The summed E-state index contributed by atoms with van der Waals surface area (Å²) in [6.45, 7) is 4.37. The lowest BCUT2D eigenvalue weighted by Gasteiger charge is -2.36. The van der Waals surface area contributed by atoms with Gasteiger partial charge in [-0.3, -0.25) is 4.90 Å². The Labute approximate surface area is 126 Å². The van der Waals surface area contributed by atoms with Gasteiger partial charge in [0.2, 0.25) is 0 Å². The summed E-state index contributed by atoms with van der Waals surface area (Å²) in [5, 5.41) is 2.14. The molecule has 1 aromatic carbocycles. The molecule has 2 rings (SSSR count). The van der Waals surface area contributed by atoms with Crippen molar-refractivity contribution in [1.29, 1.82) is 0 Å². The second kappa shape index (κ2) is 7.02. The van der Waals surface area contributed by atoms with E-state index in [1.807, 2.05) is 11.3 Å². The number of nitrogens with zero attached hydrogens (tertiary/aromatic N) is 1. The van der Waals surface area contributed by atoms with Gasteiger partial charge in [0, 0.05) is 23.0 Å². The van der Waals surface area contributed by atoms with E-state index in [1.165, 1.54) is 10.4 Å². The molecule has 1 aromatic heterocycles. The minimum absolute atomic E-state index is 0.105. The van der Waals surface area contributed by atoms with E-state index in [0.717, 1.165) is 6.42 Å². The molecule has 3 atom stereocenters. The highest BCUT2D eigenvalue weighted by molar-refractivity contribution is 7.09. The Bertz CT molecular complexity index is 493. The molecule has 0 amide bonds. The van der Waals surface area contributed by atoms with Crippen LogP contribution >= 0.6 is 11.3 Å². The number of thiophene rings is 1. The zero-order valence-corrected chi connectivity index (χ0v) is 13.3. The van der Waals surface area contributed by atoms with Gasteiger partial charge in [0.15, 0.2) is 0 Å². The second-order valence-electron chi connectivity index (χ2n) is 5.51. The molecule has 0 aliphatic carbocycles. The van der Waals surface area contributed by atoms with Crippen molar-refractivity contribution in [2.24, 2.45) is 5.73 Å². The first-order valence-electron chi connectivity index (χ1n) is 7.14. The zero-order chi connectivity index (χ0) is 14.5. The van der Waals surface area contributed by atoms with Crippen LogP contribution in [0.25, 0.3) is 0 Å². The lowest BCUT2D eigenvalue weighted by molar-refractivity contribution is 0.164. The fourth-order valence-corrected chi connectivity index (χ4v) is 3.52. The first kappa shape index (κ1) is 15.2. The maximum atomic E-state index is 6.24. The van der Waals surface area contributed by atoms with E-state index in [4.69, 9.17) is 5.73 Å².